The van der Waals surface area contributed by atoms with E-state index in [2.05, 4.69) is 15.6 Å². The zero-order chi connectivity index (χ0) is 15.4. The Morgan fingerprint density at radius 1 is 1.32 bits per heavy atom. The van der Waals surface area contributed by atoms with E-state index >= 15 is 0 Å². The van der Waals surface area contributed by atoms with E-state index < -0.39 is 0 Å². The van der Waals surface area contributed by atoms with Gasteiger partial charge in [-0.15, -0.1) is 5.10 Å². The first kappa shape index (κ1) is 14.7. The molecule has 0 saturated heterocycles. The zero-order valence-corrected chi connectivity index (χ0v) is 12.4. The van der Waals surface area contributed by atoms with Crippen LogP contribution in [0.5, 0.6) is 0 Å². The molecule has 0 spiro atoms. The lowest BCUT2D eigenvalue weighted by molar-refractivity contribution is 0.0912. The van der Waals surface area contributed by atoms with Crippen molar-refractivity contribution < 1.29 is 9.90 Å². The lowest BCUT2D eigenvalue weighted by atomic mass is 10.1. The number of carbonyl (C=O) groups excluding carboxylic acids is 1. The number of rotatable bonds is 5. The van der Waals surface area contributed by atoms with E-state index in [1.54, 1.807) is 10.9 Å². The number of carbonyl (C=O) groups is 1. The zero-order valence-electron chi connectivity index (χ0n) is 12.4. The minimum absolute atomic E-state index is 0.156. The predicted octanol–water partition coefficient (Wildman–Crippen LogP) is 1.22. The number of amides is 1. The second kappa shape index (κ2) is 6.70. The summed E-state index contributed by atoms with van der Waals surface area (Å²) >= 11 is 0. The van der Waals surface area contributed by atoms with E-state index in [1.165, 1.54) is 0 Å². The summed E-state index contributed by atoms with van der Waals surface area (Å²) in [5.41, 5.74) is 1.41. The van der Waals surface area contributed by atoms with Crippen LogP contribution in [0.1, 0.15) is 35.3 Å². The molecule has 1 aliphatic rings. The number of hydrogen-bond donors (Lipinski definition) is 2. The van der Waals surface area contributed by atoms with Crippen molar-refractivity contribution in [3.8, 4) is 0 Å². The molecule has 1 amide bonds. The second-order valence-electron chi connectivity index (χ2n) is 5.76. The standard InChI is InChI=1S/C16H20N4O2/c21-15-8-4-7-13(15)9-17-16(22)14-11-20(19-18-14)10-12-5-2-1-3-6-12/h1-3,5-6,11,13,15,21H,4,7-10H2,(H,17,22). The number of nitrogens with one attached hydrogen (secondary N) is 1. The molecule has 116 valence electrons. The van der Waals surface area contributed by atoms with Gasteiger partial charge in [0.1, 0.15) is 0 Å². The average Bonchev–Trinajstić information content (AvgIpc) is 3.15. The average molecular weight is 300 g/mol. The minimum Gasteiger partial charge on any atom is -0.393 e. The second-order valence-corrected chi connectivity index (χ2v) is 5.76. The van der Waals surface area contributed by atoms with Gasteiger partial charge in [0.05, 0.1) is 18.8 Å². The van der Waals surface area contributed by atoms with Crippen LogP contribution in [0.25, 0.3) is 0 Å². The lowest BCUT2D eigenvalue weighted by Crippen LogP contribution is -2.32. The van der Waals surface area contributed by atoms with Gasteiger partial charge in [0, 0.05) is 12.5 Å². The number of nitrogens with zero attached hydrogens (tertiary/aromatic N) is 3. The summed E-state index contributed by atoms with van der Waals surface area (Å²) < 4.78 is 1.65. The van der Waals surface area contributed by atoms with Gasteiger partial charge in [-0.1, -0.05) is 42.0 Å². The number of aromatic nitrogens is 3. The number of aliphatic hydroxyl groups is 1. The van der Waals surface area contributed by atoms with Crippen LogP contribution in [-0.2, 0) is 6.54 Å². The van der Waals surface area contributed by atoms with Gasteiger partial charge in [0.15, 0.2) is 5.69 Å². The number of aliphatic hydroxyl groups excluding tert-OH is 1. The van der Waals surface area contributed by atoms with Crippen LogP contribution in [0.3, 0.4) is 0 Å². The Balaban J connectivity index is 1.55. The maximum absolute atomic E-state index is 12.1. The fourth-order valence-corrected chi connectivity index (χ4v) is 2.82. The quantitative estimate of drug-likeness (QED) is 0.870. The van der Waals surface area contributed by atoms with Crippen molar-refractivity contribution >= 4 is 5.91 Å². The number of hydrogen-bond acceptors (Lipinski definition) is 4. The molecule has 1 aliphatic carbocycles. The van der Waals surface area contributed by atoms with Crippen molar-refractivity contribution in [2.24, 2.45) is 5.92 Å². The van der Waals surface area contributed by atoms with Crippen LogP contribution in [0.2, 0.25) is 0 Å². The van der Waals surface area contributed by atoms with Crippen molar-refractivity contribution in [1.29, 1.82) is 0 Å². The van der Waals surface area contributed by atoms with Gasteiger partial charge in [-0.3, -0.25) is 4.79 Å². The third kappa shape index (κ3) is 3.51. The predicted molar refractivity (Wildman–Crippen MR) is 81.2 cm³/mol. The van der Waals surface area contributed by atoms with E-state index in [-0.39, 0.29) is 17.9 Å². The van der Waals surface area contributed by atoms with Gasteiger partial charge in [0.25, 0.3) is 5.91 Å². The fourth-order valence-electron chi connectivity index (χ4n) is 2.82. The van der Waals surface area contributed by atoms with Crippen molar-refractivity contribution in [2.45, 2.75) is 31.9 Å². The molecule has 1 aromatic heterocycles. The maximum Gasteiger partial charge on any atom is 0.273 e. The summed E-state index contributed by atoms with van der Waals surface area (Å²) in [4.78, 5) is 12.1. The van der Waals surface area contributed by atoms with E-state index in [9.17, 15) is 9.90 Å². The van der Waals surface area contributed by atoms with Gasteiger partial charge in [-0.05, 0) is 18.4 Å². The molecule has 1 heterocycles. The maximum atomic E-state index is 12.1. The minimum atomic E-state index is -0.297. The molecule has 0 aliphatic heterocycles. The van der Waals surface area contributed by atoms with E-state index in [0.717, 1.165) is 24.8 Å². The fraction of sp³-hybridized carbons (Fsp3) is 0.438. The first-order valence-electron chi connectivity index (χ1n) is 7.62. The van der Waals surface area contributed by atoms with Gasteiger partial charge < -0.3 is 10.4 Å². The molecular weight excluding hydrogens is 280 g/mol. The Labute approximate surface area is 129 Å². The van der Waals surface area contributed by atoms with Gasteiger partial charge in [0.2, 0.25) is 0 Å². The number of benzene rings is 1. The monoisotopic (exact) mass is 300 g/mol. The molecule has 22 heavy (non-hydrogen) atoms. The molecule has 2 N–H and O–H groups in total. The summed E-state index contributed by atoms with van der Waals surface area (Å²) in [7, 11) is 0. The Morgan fingerprint density at radius 3 is 2.86 bits per heavy atom. The normalized spacial score (nSPS) is 21.0. The summed E-state index contributed by atoms with van der Waals surface area (Å²) in [5.74, 6) is -0.0817. The molecule has 6 heteroatoms. The van der Waals surface area contributed by atoms with Crippen LogP contribution in [0.4, 0.5) is 0 Å². The Hall–Kier alpha value is -2.21. The topological polar surface area (TPSA) is 80.0 Å². The third-order valence-electron chi connectivity index (χ3n) is 4.10. The molecule has 1 aromatic carbocycles. The summed E-state index contributed by atoms with van der Waals surface area (Å²) in [6.45, 7) is 1.08. The van der Waals surface area contributed by atoms with Crippen molar-refractivity contribution in [1.82, 2.24) is 20.3 Å². The van der Waals surface area contributed by atoms with Gasteiger partial charge in [-0.25, -0.2) is 4.68 Å². The molecule has 1 fully saturated rings. The third-order valence-corrected chi connectivity index (χ3v) is 4.10. The van der Waals surface area contributed by atoms with E-state index in [0.29, 0.717) is 18.8 Å². The molecule has 0 radical (unpaired) electrons. The molecule has 2 aromatic rings. The summed E-state index contributed by atoms with van der Waals surface area (Å²) in [6, 6.07) is 9.90. The van der Waals surface area contributed by atoms with Crippen LogP contribution in [-0.4, -0.2) is 38.7 Å². The van der Waals surface area contributed by atoms with Crippen molar-refractivity contribution in [2.75, 3.05) is 6.54 Å². The van der Waals surface area contributed by atoms with Gasteiger partial charge >= 0.3 is 0 Å². The Morgan fingerprint density at radius 2 is 2.14 bits per heavy atom. The molecule has 2 unspecified atom stereocenters. The van der Waals surface area contributed by atoms with Gasteiger partial charge in [-0.2, -0.15) is 0 Å². The summed E-state index contributed by atoms with van der Waals surface area (Å²) in [6.07, 6.45) is 4.16. The molecule has 6 nitrogen and oxygen atoms in total. The van der Waals surface area contributed by atoms with Crippen molar-refractivity contribution in [3.63, 3.8) is 0 Å². The lowest BCUT2D eigenvalue weighted by Gasteiger charge is -2.14. The molecule has 1 saturated carbocycles. The molecule has 3 rings (SSSR count). The van der Waals surface area contributed by atoms with E-state index in [4.69, 9.17) is 0 Å². The first-order chi connectivity index (χ1) is 10.7. The largest absolute Gasteiger partial charge is 0.393 e. The van der Waals surface area contributed by atoms with Crippen LogP contribution in [0.15, 0.2) is 36.5 Å². The molecule has 0 bridgehead atoms. The highest BCUT2D eigenvalue weighted by Gasteiger charge is 2.25. The molecule has 2 atom stereocenters. The highest BCUT2D eigenvalue weighted by molar-refractivity contribution is 5.91. The highest BCUT2D eigenvalue weighted by Crippen LogP contribution is 2.24. The smallest absolute Gasteiger partial charge is 0.273 e. The Bertz CT molecular complexity index is 626. The van der Waals surface area contributed by atoms with Crippen LogP contribution in [0, 0.1) is 5.92 Å². The molecular formula is C16H20N4O2. The van der Waals surface area contributed by atoms with Crippen LogP contribution < -0.4 is 5.32 Å². The first-order valence-corrected chi connectivity index (χ1v) is 7.62. The SMILES string of the molecule is O=C(NCC1CCCC1O)c1cn(Cc2ccccc2)nn1. The van der Waals surface area contributed by atoms with Crippen LogP contribution >= 0.6 is 0 Å². The highest BCUT2D eigenvalue weighted by atomic mass is 16.3. The Kier molecular flexibility index (Phi) is 4.48. The van der Waals surface area contributed by atoms with E-state index in [1.807, 2.05) is 30.3 Å². The summed E-state index contributed by atoms with van der Waals surface area (Å²) in [5, 5.41) is 20.5. The van der Waals surface area contributed by atoms with Crippen molar-refractivity contribution in [3.05, 3.63) is 47.8 Å².